The van der Waals surface area contributed by atoms with Crippen molar-refractivity contribution in [1.82, 2.24) is 20.5 Å². The smallest absolute Gasteiger partial charge is 0.315 e. The maximum atomic E-state index is 12.2. The van der Waals surface area contributed by atoms with Gasteiger partial charge in [0.1, 0.15) is 0 Å². The number of rotatable bonds is 9. The van der Waals surface area contributed by atoms with Crippen LogP contribution in [0.25, 0.3) is 0 Å². The molecule has 0 spiro atoms. The average molecular weight is 367 g/mol. The summed E-state index contributed by atoms with van der Waals surface area (Å²) in [6.45, 7) is 12.3. The Morgan fingerprint density at radius 1 is 1.24 bits per heavy atom. The molecule has 1 unspecified atom stereocenters. The number of aromatic nitrogens is 1. The summed E-state index contributed by atoms with van der Waals surface area (Å²) < 4.78 is 0. The SMILES string of the molecule is CCC(CC)C(CNC(=O)NCc1csc(C(C)C)n1)N1CCCC1. The Labute approximate surface area is 156 Å². The Kier molecular flexibility index (Phi) is 8.16. The van der Waals surface area contributed by atoms with E-state index in [1.807, 2.05) is 5.38 Å². The number of carbonyl (C=O) groups excluding carboxylic acids is 1. The van der Waals surface area contributed by atoms with Crippen LogP contribution in [-0.4, -0.2) is 41.6 Å². The molecule has 142 valence electrons. The van der Waals surface area contributed by atoms with Gasteiger partial charge in [-0.25, -0.2) is 9.78 Å². The molecule has 2 N–H and O–H groups in total. The van der Waals surface area contributed by atoms with E-state index in [0.29, 0.717) is 24.4 Å². The van der Waals surface area contributed by atoms with Gasteiger partial charge in [-0.2, -0.15) is 0 Å². The van der Waals surface area contributed by atoms with Gasteiger partial charge in [-0.05, 0) is 31.8 Å². The Morgan fingerprint density at radius 3 is 2.48 bits per heavy atom. The molecule has 25 heavy (non-hydrogen) atoms. The minimum Gasteiger partial charge on any atom is -0.337 e. The zero-order chi connectivity index (χ0) is 18.2. The highest BCUT2D eigenvalue weighted by molar-refractivity contribution is 7.09. The summed E-state index contributed by atoms with van der Waals surface area (Å²) in [5.74, 6) is 1.08. The maximum absolute atomic E-state index is 12.2. The molecule has 1 aromatic heterocycles. The lowest BCUT2D eigenvalue weighted by molar-refractivity contribution is 0.161. The van der Waals surface area contributed by atoms with Crippen molar-refractivity contribution in [1.29, 1.82) is 0 Å². The fourth-order valence-electron chi connectivity index (χ4n) is 3.60. The number of likely N-dealkylation sites (tertiary alicyclic amines) is 1. The van der Waals surface area contributed by atoms with E-state index in [-0.39, 0.29) is 6.03 Å². The molecular formula is C19H34N4OS. The predicted octanol–water partition coefficient (Wildman–Crippen LogP) is 3.97. The summed E-state index contributed by atoms with van der Waals surface area (Å²) in [7, 11) is 0. The predicted molar refractivity (Wildman–Crippen MR) is 105 cm³/mol. The molecule has 0 radical (unpaired) electrons. The van der Waals surface area contributed by atoms with Gasteiger partial charge >= 0.3 is 6.03 Å². The fraction of sp³-hybridized carbons (Fsp3) is 0.789. The normalized spacial score (nSPS) is 16.6. The van der Waals surface area contributed by atoms with Gasteiger partial charge in [0.2, 0.25) is 0 Å². The van der Waals surface area contributed by atoms with E-state index < -0.39 is 0 Å². The van der Waals surface area contributed by atoms with Crippen molar-refractivity contribution in [2.75, 3.05) is 19.6 Å². The number of carbonyl (C=O) groups is 1. The molecule has 6 heteroatoms. The molecule has 1 fully saturated rings. The van der Waals surface area contributed by atoms with Crippen LogP contribution in [0.15, 0.2) is 5.38 Å². The van der Waals surface area contributed by atoms with Crippen molar-refractivity contribution in [3.8, 4) is 0 Å². The first kappa shape index (κ1) is 20.2. The molecule has 0 aromatic carbocycles. The van der Waals surface area contributed by atoms with Crippen molar-refractivity contribution in [3.63, 3.8) is 0 Å². The molecule has 2 heterocycles. The fourth-order valence-corrected chi connectivity index (χ4v) is 4.43. The molecule has 1 aromatic rings. The Hall–Kier alpha value is -1.14. The van der Waals surface area contributed by atoms with Crippen LogP contribution in [0.1, 0.15) is 70.0 Å². The third-order valence-corrected chi connectivity index (χ3v) is 6.36. The van der Waals surface area contributed by atoms with Gasteiger partial charge in [0.25, 0.3) is 0 Å². The molecule has 0 bridgehead atoms. The van der Waals surface area contributed by atoms with Crippen LogP contribution in [0.3, 0.4) is 0 Å². The largest absolute Gasteiger partial charge is 0.337 e. The quantitative estimate of drug-likeness (QED) is 0.695. The molecule has 1 saturated heterocycles. The molecule has 2 amide bonds. The van der Waals surface area contributed by atoms with Crippen LogP contribution in [0.2, 0.25) is 0 Å². The highest BCUT2D eigenvalue weighted by Crippen LogP contribution is 2.22. The van der Waals surface area contributed by atoms with Crippen molar-refractivity contribution in [2.24, 2.45) is 5.92 Å². The minimum atomic E-state index is -0.0887. The maximum Gasteiger partial charge on any atom is 0.315 e. The Balaban J connectivity index is 1.81. The van der Waals surface area contributed by atoms with E-state index in [1.165, 1.54) is 25.9 Å². The van der Waals surface area contributed by atoms with E-state index in [1.54, 1.807) is 11.3 Å². The van der Waals surface area contributed by atoms with Crippen LogP contribution in [-0.2, 0) is 6.54 Å². The number of hydrogen-bond donors (Lipinski definition) is 2. The van der Waals surface area contributed by atoms with Crippen LogP contribution < -0.4 is 10.6 Å². The molecule has 0 aliphatic carbocycles. The first-order valence-corrected chi connectivity index (χ1v) is 10.6. The second kappa shape index (κ2) is 10.1. The highest BCUT2D eigenvalue weighted by Gasteiger charge is 2.27. The lowest BCUT2D eigenvalue weighted by Gasteiger charge is -2.33. The zero-order valence-corrected chi connectivity index (χ0v) is 17.0. The number of hydrogen-bond acceptors (Lipinski definition) is 4. The first-order chi connectivity index (χ1) is 12.0. The third-order valence-electron chi connectivity index (χ3n) is 5.17. The Bertz CT molecular complexity index is 519. The zero-order valence-electron chi connectivity index (χ0n) is 16.2. The van der Waals surface area contributed by atoms with E-state index in [9.17, 15) is 4.79 Å². The number of nitrogens with one attached hydrogen (secondary N) is 2. The van der Waals surface area contributed by atoms with E-state index >= 15 is 0 Å². The molecule has 1 aliphatic rings. The van der Waals surface area contributed by atoms with E-state index in [4.69, 9.17) is 0 Å². The van der Waals surface area contributed by atoms with Crippen LogP contribution >= 0.6 is 11.3 Å². The molecule has 5 nitrogen and oxygen atoms in total. The van der Waals surface area contributed by atoms with E-state index in [2.05, 4.69) is 48.2 Å². The summed E-state index contributed by atoms with van der Waals surface area (Å²) in [4.78, 5) is 19.3. The standard InChI is InChI=1S/C19H34N4OS/c1-5-15(6-2)17(23-9-7-8-10-23)12-21-19(24)20-11-16-13-25-18(22-16)14(3)4/h13-15,17H,5-12H2,1-4H3,(H2,20,21,24). The molecular weight excluding hydrogens is 332 g/mol. The van der Waals surface area contributed by atoms with Crippen LogP contribution in [0.5, 0.6) is 0 Å². The number of amides is 2. The van der Waals surface area contributed by atoms with Crippen molar-refractivity contribution in [3.05, 3.63) is 16.1 Å². The number of nitrogens with zero attached hydrogens (tertiary/aromatic N) is 2. The van der Waals surface area contributed by atoms with Crippen molar-refractivity contribution in [2.45, 2.75) is 71.9 Å². The van der Waals surface area contributed by atoms with Crippen molar-refractivity contribution >= 4 is 17.4 Å². The van der Waals surface area contributed by atoms with E-state index in [0.717, 1.165) is 30.1 Å². The summed E-state index contributed by atoms with van der Waals surface area (Å²) in [6, 6.07) is 0.365. The monoisotopic (exact) mass is 366 g/mol. The number of urea groups is 1. The lowest BCUT2D eigenvalue weighted by Crippen LogP contribution is -2.48. The van der Waals surface area contributed by atoms with Gasteiger partial charge in [-0.15, -0.1) is 11.3 Å². The Morgan fingerprint density at radius 2 is 1.92 bits per heavy atom. The number of thiazole rings is 1. The summed E-state index contributed by atoms with van der Waals surface area (Å²) in [6.07, 6.45) is 4.89. The van der Waals surface area contributed by atoms with Gasteiger partial charge < -0.3 is 10.6 Å². The lowest BCUT2D eigenvalue weighted by atomic mass is 9.93. The summed E-state index contributed by atoms with van der Waals surface area (Å²) in [5, 5.41) is 9.20. The molecule has 2 rings (SSSR count). The third kappa shape index (κ3) is 5.96. The summed E-state index contributed by atoms with van der Waals surface area (Å²) in [5.41, 5.74) is 0.944. The topological polar surface area (TPSA) is 57.3 Å². The van der Waals surface area contributed by atoms with Crippen LogP contribution in [0.4, 0.5) is 4.79 Å². The van der Waals surface area contributed by atoms with Gasteiger partial charge in [0.05, 0.1) is 17.2 Å². The molecule has 0 saturated carbocycles. The average Bonchev–Trinajstić information content (AvgIpc) is 3.28. The molecule has 1 atom stereocenters. The van der Waals surface area contributed by atoms with Gasteiger partial charge in [-0.1, -0.05) is 40.5 Å². The first-order valence-electron chi connectivity index (χ1n) is 9.75. The van der Waals surface area contributed by atoms with Gasteiger partial charge in [0, 0.05) is 23.9 Å². The second-order valence-corrected chi connectivity index (χ2v) is 8.17. The summed E-state index contributed by atoms with van der Waals surface area (Å²) >= 11 is 1.66. The second-order valence-electron chi connectivity index (χ2n) is 7.28. The highest BCUT2D eigenvalue weighted by atomic mass is 32.1. The van der Waals surface area contributed by atoms with Crippen molar-refractivity contribution < 1.29 is 4.79 Å². The molecule has 1 aliphatic heterocycles. The van der Waals surface area contributed by atoms with Gasteiger partial charge in [0.15, 0.2) is 0 Å². The van der Waals surface area contributed by atoms with Crippen LogP contribution in [0, 0.1) is 5.92 Å². The van der Waals surface area contributed by atoms with Gasteiger partial charge in [-0.3, -0.25) is 4.90 Å². The minimum absolute atomic E-state index is 0.0887.